The van der Waals surface area contributed by atoms with Crippen molar-refractivity contribution in [3.05, 3.63) is 26.8 Å². The van der Waals surface area contributed by atoms with E-state index in [0.717, 1.165) is 0 Å². The third kappa shape index (κ3) is 1.77. The number of carbonyl (C=O) groups excluding carboxylic acids is 1. The molecule has 1 aliphatic rings. The van der Waals surface area contributed by atoms with E-state index in [-0.39, 0.29) is 11.5 Å². The van der Waals surface area contributed by atoms with Crippen LogP contribution in [0.2, 0.25) is 0 Å². The van der Waals surface area contributed by atoms with Gasteiger partial charge in [0, 0.05) is 12.6 Å². The molecule has 5 nitrogen and oxygen atoms in total. The van der Waals surface area contributed by atoms with E-state index in [2.05, 4.69) is 20.9 Å². The zero-order valence-electron chi connectivity index (χ0n) is 8.77. The Hall–Kier alpha value is -1.17. The smallest absolute Gasteiger partial charge is 0.329 e. The molecule has 0 spiro atoms. The maximum atomic E-state index is 11.8. The lowest BCUT2D eigenvalue weighted by Gasteiger charge is -2.12. The molecular formula is C10H11BrN2O3. The lowest BCUT2D eigenvalue weighted by atomic mass is 10.2. The van der Waals surface area contributed by atoms with Crippen LogP contribution in [0.25, 0.3) is 0 Å². The number of carbonyl (C=O) groups is 1. The Bertz CT molecular complexity index is 483. The van der Waals surface area contributed by atoms with Gasteiger partial charge >= 0.3 is 5.97 Å². The molecule has 2 heterocycles. The Morgan fingerprint density at radius 2 is 2.50 bits per heavy atom. The highest BCUT2D eigenvalue weighted by molar-refractivity contribution is 9.10. The Morgan fingerprint density at radius 1 is 1.75 bits per heavy atom. The molecule has 0 unspecified atom stereocenters. The second kappa shape index (κ2) is 4.37. The van der Waals surface area contributed by atoms with E-state index in [9.17, 15) is 9.59 Å². The normalized spacial score (nSPS) is 18.2. The lowest BCUT2D eigenvalue weighted by molar-refractivity contribution is -0.147. The highest BCUT2D eigenvalue weighted by Crippen LogP contribution is 2.24. The minimum atomic E-state index is -0.521. The number of hydrogen-bond acceptors (Lipinski definition) is 4. The van der Waals surface area contributed by atoms with Crippen LogP contribution in [-0.2, 0) is 16.0 Å². The van der Waals surface area contributed by atoms with Crippen LogP contribution in [0, 0.1) is 0 Å². The van der Waals surface area contributed by atoms with Gasteiger partial charge in [-0.2, -0.15) is 0 Å². The van der Waals surface area contributed by atoms with E-state index in [1.165, 1.54) is 10.8 Å². The number of esters is 1. The first-order valence-corrected chi connectivity index (χ1v) is 5.87. The second-order valence-corrected chi connectivity index (χ2v) is 4.36. The molecule has 0 bridgehead atoms. The fourth-order valence-electron chi connectivity index (χ4n) is 1.84. The van der Waals surface area contributed by atoms with E-state index in [4.69, 9.17) is 4.74 Å². The van der Waals surface area contributed by atoms with Gasteiger partial charge in [-0.3, -0.25) is 9.36 Å². The first-order chi connectivity index (χ1) is 7.65. The number of hydrogen-bond donors (Lipinski definition) is 0. The zero-order valence-corrected chi connectivity index (χ0v) is 10.4. The summed E-state index contributed by atoms with van der Waals surface area (Å²) in [6.45, 7) is 2.07. The third-order valence-corrected chi connectivity index (χ3v) is 3.08. The van der Waals surface area contributed by atoms with Crippen molar-refractivity contribution in [2.45, 2.75) is 25.8 Å². The lowest BCUT2D eigenvalue weighted by Crippen LogP contribution is -2.29. The van der Waals surface area contributed by atoms with Crippen LogP contribution in [0.1, 0.15) is 25.2 Å². The Labute approximate surface area is 101 Å². The predicted molar refractivity (Wildman–Crippen MR) is 60.2 cm³/mol. The van der Waals surface area contributed by atoms with Gasteiger partial charge < -0.3 is 4.74 Å². The highest BCUT2D eigenvalue weighted by Gasteiger charge is 2.31. The molecular weight excluding hydrogens is 276 g/mol. The van der Waals surface area contributed by atoms with Crippen molar-refractivity contribution in [2.75, 3.05) is 6.61 Å². The zero-order chi connectivity index (χ0) is 11.7. The van der Waals surface area contributed by atoms with Gasteiger partial charge in [0.05, 0.1) is 6.61 Å². The fourth-order valence-corrected chi connectivity index (χ4v) is 2.14. The van der Waals surface area contributed by atoms with Crippen LogP contribution in [0.3, 0.4) is 0 Å². The summed E-state index contributed by atoms with van der Waals surface area (Å²) in [6, 6.07) is -0.521. The molecule has 1 aromatic rings. The monoisotopic (exact) mass is 286 g/mol. The van der Waals surface area contributed by atoms with E-state index >= 15 is 0 Å². The van der Waals surface area contributed by atoms with Crippen LogP contribution in [0.4, 0.5) is 0 Å². The Balaban J connectivity index is 2.42. The molecule has 86 valence electrons. The summed E-state index contributed by atoms with van der Waals surface area (Å²) >= 11 is 3.12. The maximum Gasteiger partial charge on any atom is 0.329 e. The molecule has 0 aliphatic carbocycles. The van der Waals surface area contributed by atoms with Crippen molar-refractivity contribution in [1.82, 2.24) is 9.55 Å². The van der Waals surface area contributed by atoms with Gasteiger partial charge in [-0.25, -0.2) is 9.78 Å². The van der Waals surface area contributed by atoms with Crippen LogP contribution in [-0.4, -0.2) is 22.1 Å². The van der Waals surface area contributed by atoms with Crippen LogP contribution in [0.15, 0.2) is 15.5 Å². The van der Waals surface area contributed by atoms with E-state index in [0.29, 0.717) is 29.7 Å². The van der Waals surface area contributed by atoms with E-state index < -0.39 is 6.04 Å². The molecule has 1 atom stereocenters. The standard InChI is InChI=1S/C10H11BrN2O3/c1-2-16-10(15)7-3-4-8-12-5-6(11)9(14)13(7)8/h5,7H,2-4H2,1H3/t7-/m0/s1. The van der Waals surface area contributed by atoms with Gasteiger partial charge in [-0.05, 0) is 29.3 Å². The first-order valence-electron chi connectivity index (χ1n) is 5.07. The van der Waals surface area contributed by atoms with Crippen molar-refractivity contribution in [3.63, 3.8) is 0 Å². The first kappa shape index (κ1) is 11.3. The third-order valence-electron chi connectivity index (χ3n) is 2.54. The molecule has 0 saturated heterocycles. The van der Waals surface area contributed by atoms with Crippen molar-refractivity contribution in [2.24, 2.45) is 0 Å². The molecule has 2 rings (SSSR count). The Kier molecular flexibility index (Phi) is 3.09. The molecule has 1 aliphatic heterocycles. The maximum absolute atomic E-state index is 11.8. The van der Waals surface area contributed by atoms with Crippen molar-refractivity contribution in [3.8, 4) is 0 Å². The van der Waals surface area contributed by atoms with E-state index in [1.807, 2.05) is 0 Å². The molecule has 0 amide bonds. The summed E-state index contributed by atoms with van der Waals surface area (Å²) in [6.07, 6.45) is 2.69. The summed E-state index contributed by atoms with van der Waals surface area (Å²) in [5.41, 5.74) is -0.222. The molecule has 0 aromatic carbocycles. The van der Waals surface area contributed by atoms with Gasteiger partial charge in [0.25, 0.3) is 5.56 Å². The Morgan fingerprint density at radius 3 is 3.19 bits per heavy atom. The molecule has 0 saturated carbocycles. The summed E-state index contributed by atoms with van der Waals surface area (Å²) < 4.78 is 6.72. The van der Waals surface area contributed by atoms with Crippen LogP contribution in [0.5, 0.6) is 0 Å². The highest BCUT2D eigenvalue weighted by atomic mass is 79.9. The van der Waals surface area contributed by atoms with Gasteiger partial charge in [0.2, 0.25) is 0 Å². The number of aromatic nitrogens is 2. The molecule has 0 fully saturated rings. The average Bonchev–Trinajstić information content (AvgIpc) is 2.68. The number of ether oxygens (including phenoxy) is 1. The second-order valence-electron chi connectivity index (χ2n) is 3.50. The summed E-state index contributed by atoms with van der Waals surface area (Å²) in [5.74, 6) is 0.287. The fraction of sp³-hybridized carbons (Fsp3) is 0.500. The van der Waals surface area contributed by atoms with Crippen molar-refractivity contribution in [1.29, 1.82) is 0 Å². The number of aryl methyl sites for hydroxylation is 1. The van der Waals surface area contributed by atoms with Crippen LogP contribution >= 0.6 is 15.9 Å². The van der Waals surface area contributed by atoms with Gasteiger partial charge in [0.1, 0.15) is 16.3 Å². The number of halogens is 1. The number of fused-ring (bicyclic) bond motifs is 1. The number of nitrogens with zero attached hydrogens (tertiary/aromatic N) is 2. The van der Waals surface area contributed by atoms with Crippen molar-refractivity contribution < 1.29 is 9.53 Å². The average molecular weight is 287 g/mol. The minimum absolute atomic E-state index is 0.222. The summed E-state index contributed by atoms with van der Waals surface area (Å²) in [5, 5.41) is 0. The summed E-state index contributed by atoms with van der Waals surface area (Å²) in [7, 11) is 0. The summed E-state index contributed by atoms with van der Waals surface area (Å²) in [4.78, 5) is 27.6. The van der Waals surface area contributed by atoms with Gasteiger partial charge in [-0.15, -0.1) is 0 Å². The SMILES string of the molecule is CCOC(=O)[C@@H]1CCc2ncc(Br)c(=O)n21. The largest absolute Gasteiger partial charge is 0.464 e. The molecule has 0 radical (unpaired) electrons. The molecule has 1 aromatic heterocycles. The van der Waals surface area contributed by atoms with Gasteiger partial charge in [0.15, 0.2) is 0 Å². The predicted octanol–water partition coefficient (Wildman–Crippen LogP) is 1.06. The minimum Gasteiger partial charge on any atom is -0.464 e. The topological polar surface area (TPSA) is 61.2 Å². The molecule has 6 heteroatoms. The van der Waals surface area contributed by atoms with Crippen LogP contribution < -0.4 is 5.56 Å². The number of rotatable bonds is 2. The quantitative estimate of drug-likeness (QED) is 0.763. The van der Waals surface area contributed by atoms with E-state index in [1.54, 1.807) is 6.92 Å². The molecule has 16 heavy (non-hydrogen) atoms. The van der Waals surface area contributed by atoms with Crippen molar-refractivity contribution >= 4 is 21.9 Å². The van der Waals surface area contributed by atoms with Gasteiger partial charge in [-0.1, -0.05) is 0 Å². The molecule has 0 N–H and O–H groups in total.